The smallest absolute Gasteiger partial charge is 0.251 e. The van der Waals surface area contributed by atoms with Gasteiger partial charge in [0.15, 0.2) is 0 Å². The molecule has 1 saturated heterocycles. The Kier molecular flexibility index (Phi) is 7.22. The standard InChI is InChI=1S/C25H33N3O3/c1-27(17-24(29)18-28-12-9-19-5-2-3-6-21(19)16-28)23-8-4-7-20(15-23)25(30)26-22-10-13-31-14-11-22/h2-8,15,22,24,29H,9-14,16-18H2,1H3,(H,26,30). The summed E-state index contributed by atoms with van der Waals surface area (Å²) >= 11 is 0. The van der Waals surface area contributed by atoms with E-state index >= 15 is 0 Å². The Morgan fingerprint density at radius 1 is 1.19 bits per heavy atom. The van der Waals surface area contributed by atoms with E-state index in [-0.39, 0.29) is 11.9 Å². The predicted octanol–water partition coefficient (Wildman–Crippen LogP) is 2.45. The number of likely N-dealkylation sites (N-methyl/N-ethyl adjacent to an activating group) is 1. The largest absolute Gasteiger partial charge is 0.390 e. The summed E-state index contributed by atoms with van der Waals surface area (Å²) in [7, 11) is 1.96. The van der Waals surface area contributed by atoms with Crippen molar-refractivity contribution in [2.75, 3.05) is 44.8 Å². The second-order valence-corrected chi connectivity index (χ2v) is 8.70. The fraction of sp³-hybridized carbons (Fsp3) is 0.480. The first-order valence-corrected chi connectivity index (χ1v) is 11.3. The van der Waals surface area contributed by atoms with Crippen molar-refractivity contribution in [2.24, 2.45) is 0 Å². The van der Waals surface area contributed by atoms with Crippen molar-refractivity contribution in [3.8, 4) is 0 Å². The average molecular weight is 424 g/mol. The first-order valence-electron chi connectivity index (χ1n) is 11.3. The quantitative estimate of drug-likeness (QED) is 0.716. The highest BCUT2D eigenvalue weighted by molar-refractivity contribution is 5.95. The Morgan fingerprint density at radius 2 is 1.97 bits per heavy atom. The molecular weight excluding hydrogens is 390 g/mol. The number of carbonyl (C=O) groups is 1. The Morgan fingerprint density at radius 3 is 2.77 bits per heavy atom. The van der Waals surface area contributed by atoms with Crippen LogP contribution >= 0.6 is 0 Å². The molecule has 6 nitrogen and oxygen atoms in total. The zero-order chi connectivity index (χ0) is 21.6. The first-order chi connectivity index (χ1) is 15.1. The lowest BCUT2D eigenvalue weighted by molar-refractivity contribution is 0.0696. The van der Waals surface area contributed by atoms with Gasteiger partial charge in [0.05, 0.1) is 6.10 Å². The second-order valence-electron chi connectivity index (χ2n) is 8.70. The average Bonchev–Trinajstić information content (AvgIpc) is 2.79. The van der Waals surface area contributed by atoms with Crippen molar-refractivity contribution >= 4 is 11.6 Å². The number of nitrogens with zero attached hydrogens (tertiary/aromatic N) is 2. The number of nitrogens with one attached hydrogen (secondary N) is 1. The lowest BCUT2D eigenvalue weighted by Gasteiger charge is -2.32. The maximum absolute atomic E-state index is 12.6. The number of hydrogen-bond acceptors (Lipinski definition) is 5. The molecule has 1 unspecified atom stereocenters. The molecule has 2 aliphatic rings. The molecule has 1 atom stereocenters. The van der Waals surface area contributed by atoms with E-state index in [1.165, 1.54) is 11.1 Å². The molecule has 2 aromatic carbocycles. The Labute approximate surface area is 184 Å². The molecule has 2 aliphatic heterocycles. The van der Waals surface area contributed by atoms with Gasteiger partial charge in [-0.3, -0.25) is 9.69 Å². The Balaban J connectivity index is 1.30. The van der Waals surface area contributed by atoms with Crippen LogP contribution < -0.4 is 10.2 Å². The van der Waals surface area contributed by atoms with Crippen LogP contribution in [0.25, 0.3) is 0 Å². The lowest BCUT2D eigenvalue weighted by atomic mass is 10.00. The highest BCUT2D eigenvalue weighted by Gasteiger charge is 2.20. The number of amides is 1. The maximum atomic E-state index is 12.6. The van der Waals surface area contributed by atoms with Crippen LogP contribution in [0.2, 0.25) is 0 Å². The molecule has 0 radical (unpaired) electrons. The number of aliphatic hydroxyl groups excluding tert-OH is 1. The van der Waals surface area contributed by atoms with E-state index in [1.807, 2.05) is 36.2 Å². The normalized spacial score (nSPS) is 18.3. The Hall–Kier alpha value is -2.41. The molecule has 2 N–H and O–H groups in total. The van der Waals surface area contributed by atoms with Gasteiger partial charge in [0.25, 0.3) is 5.91 Å². The van der Waals surface area contributed by atoms with E-state index in [0.29, 0.717) is 31.9 Å². The number of fused-ring (bicyclic) bond motifs is 1. The zero-order valence-electron chi connectivity index (χ0n) is 18.3. The van der Waals surface area contributed by atoms with Crippen LogP contribution in [-0.2, 0) is 17.7 Å². The van der Waals surface area contributed by atoms with Gasteiger partial charge in [0, 0.05) is 63.7 Å². The maximum Gasteiger partial charge on any atom is 0.251 e. The minimum atomic E-state index is -0.463. The van der Waals surface area contributed by atoms with Crippen LogP contribution in [0.1, 0.15) is 34.3 Å². The summed E-state index contributed by atoms with van der Waals surface area (Å²) in [6.45, 7) is 4.42. The summed E-state index contributed by atoms with van der Waals surface area (Å²) in [6, 6.07) is 16.4. The molecule has 0 bridgehead atoms. The molecule has 166 valence electrons. The number of benzene rings is 2. The van der Waals surface area contributed by atoms with Gasteiger partial charge in [0.1, 0.15) is 0 Å². The highest BCUT2D eigenvalue weighted by Crippen LogP contribution is 2.20. The van der Waals surface area contributed by atoms with Gasteiger partial charge in [-0.15, -0.1) is 0 Å². The number of hydrogen-bond donors (Lipinski definition) is 2. The summed E-state index contributed by atoms with van der Waals surface area (Å²) in [4.78, 5) is 17.0. The minimum absolute atomic E-state index is 0.0466. The van der Waals surface area contributed by atoms with Gasteiger partial charge in [0.2, 0.25) is 0 Å². The lowest BCUT2D eigenvalue weighted by Crippen LogP contribution is -2.41. The number of carbonyl (C=O) groups excluding carboxylic acids is 1. The molecule has 4 rings (SSSR count). The van der Waals surface area contributed by atoms with E-state index in [9.17, 15) is 9.90 Å². The summed E-state index contributed by atoms with van der Waals surface area (Å²) in [6.07, 6.45) is 2.29. The molecule has 1 fully saturated rings. The second kappa shape index (κ2) is 10.3. The van der Waals surface area contributed by atoms with E-state index in [0.717, 1.165) is 38.0 Å². The van der Waals surface area contributed by atoms with Gasteiger partial charge in [-0.2, -0.15) is 0 Å². The van der Waals surface area contributed by atoms with Crippen molar-refractivity contribution in [3.63, 3.8) is 0 Å². The van der Waals surface area contributed by atoms with Crippen LogP contribution in [0.5, 0.6) is 0 Å². The number of anilines is 1. The van der Waals surface area contributed by atoms with E-state index in [4.69, 9.17) is 4.74 Å². The third-order valence-electron chi connectivity index (χ3n) is 6.27. The fourth-order valence-corrected chi connectivity index (χ4v) is 4.48. The summed E-state index contributed by atoms with van der Waals surface area (Å²) < 4.78 is 5.36. The molecule has 2 heterocycles. The fourth-order valence-electron chi connectivity index (χ4n) is 4.48. The number of ether oxygens (including phenoxy) is 1. The van der Waals surface area contributed by atoms with E-state index in [2.05, 4.69) is 34.5 Å². The topological polar surface area (TPSA) is 65.0 Å². The van der Waals surface area contributed by atoms with Gasteiger partial charge in [-0.05, 0) is 48.6 Å². The van der Waals surface area contributed by atoms with E-state index < -0.39 is 6.10 Å². The predicted molar refractivity (Wildman–Crippen MR) is 122 cm³/mol. The third kappa shape index (κ3) is 5.85. The molecule has 1 amide bonds. The number of rotatable bonds is 7. The molecule has 6 heteroatoms. The van der Waals surface area contributed by atoms with Crippen LogP contribution in [0, 0.1) is 0 Å². The zero-order valence-corrected chi connectivity index (χ0v) is 18.3. The van der Waals surface area contributed by atoms with Gasteiger partial charge >= 0.3 is 0 Å². The van der Waals surface area contributed by atoms with Crippen molar-refractivity contribution in [1.82, 2.24) is 10.2 Å². The molecule has 31 heavy (non-hydrogen) atoms. The van der Waals surface area contributed by atoms with Crippen molar-refractivity contribution < 1.29 is 14.6 Å². The van der Waals surface area contributed by atoms with Crippen molar-refractivity contribution in [1.29, 1.82) is 0 Å². The van der Waals surface area contributed by atoms with Crippen LogP contribution in [0.3, 0.4) is 0 Å². The van der Waals surface area contributed by atoms with Gasteiger partial charge < -0.3 is 20.1 Å². The molecule has 0 aromatic heterocycles. The van der Waals surface area contributed by atoms with Crippen molar-refractivity contribution in [2.45, 2.75) is 38.0 Å². The molecule has 0 aliphatic carbocycles. The van der Waals surface area contributed by atoms with Crippen LogP contribution in [0.4, 0.5) is 5.69 Å². The Bertz CT molecular complexity index is 882. The summed E-state index contributed by atoms with van der Waals surface area (Å²) in [5.41, 5.74) is 4.36. The van der Waals surface area contributed by atoms with Crippen molar-refractivity contribution in [3.05, 3.63) is 65.2 Å². The van der Waals surface area contributed by atoms with Gasteiger partial charge in [-0.1, -0.05) is 30.3 Å². The van der Waals surface area contributed by atoms with Crippen LogP contribution in [0.15, 0.2) is 48.5 Å². The van der Waals surface area contributed by atoms with E-state index in [1.54, 1.807) is 0 Å². The summed E-state index contributed by atoms with van der Waals surface area (Å²) in [5.74, 6) is -0.0466. The summed E-state index contributed by atoms with van der Waals surface area (Å²) in [5, 5.41) is 13.8. The number of β-amino-alcohol motifs (C(OH)–C–C–N with tert-alkyl or cyclic N) is 1. The van der Waals surface area contributed by atoms with Crippen LogP contribution in [-0.4, -0.2) is 68.0 Å². The molecule has 2 aromatic rings. The molecule has 0 saturated carbocycles. The minimum Gasteiger partial charge on any atom is -0.390 e. The number of aliphatic hydroxyl groups is 1. The highest BCUT2D eigenvalue weighted by atomic mass is 16.5. The monoisotopic (exact) mass is 423 g/mol. The molecule has 0 spiro atoms. The third-order valence-corrected chi connectivity index (χ3v) is 6.27. The SMILES string of the molecule is CN(CC(O)CN1CCc2ccccc2C1)c1cccc(C(=O)NC2CCOCC2)c1. The molecular formula is C25H33N3O3. The van der Waals surface area contributed by atoms with Gasteiger partial charge in [-0.25, -0.2) is 0 Å². The first kappa shape index (κ1) is 21.8.